The normalized spacial score (nSPS) is 14.2. The first-order valence-electron chi connectivity index (χ1n) is 11.7. The van der Waals surface area contributed by atoms with Gasteiger partial charge in [-0.2, -0.15) is 0 Å². The summed E-state index contributed by atoms with van der Waals surface area (Å²) in [6, 6.07) is 10.7. The molecule has 0 aliphatic rings. The number of nitrogens with zero attached hydrogens (tertiary/aromatic N) is 1. The third-order valence-corrected chi connectivity index (χ3v) is 5.36. The number of quaternary nitrogens is 1. The Bertz CT molecular complexity index is 618. The van der Waals surface area contributed by atoms with Gasteiger partial charge in [-0.3, -0.25) is 0 Å². The number of hydrogen-bond donors (Lipinski definition) is 0. The van der Waals surface area contributed by atoms with Gasteiger partial charge in [-0.15, -0.1) is 0 Å². The molecule has 32 heavy (non-hydrogen) atoms. The molecule has 0 radical (unpaired) electrons. The zero-order valence-corrected chi connectivity index (χ0v) is 20.8. The van der Waals surface area contributed by atoms with E-state index in [-0.39, 0.29) is 0 Å². The fraction of sp³-hybridized carbons (Fsp3) is 0.667. The molecule has 0 atom stereocenters. The van der Waals surface area contributed by atoms with Crippen molar-refractivity contribution in [3.8, 4) is 0 Å². The van der Waals surface area contributed by atoms with Crippen molar-refractivity contribution in [2.45, 2.75) is 78.1 Å². The van der Waals surface area contributed by atoms with Crippen molar-refractivity contribution in [3.05, 3.63) is 42.5 Å². The molecule has 0 saturated carbocycles. The van der Waals surface area contributed by atoms with E-state index in [1.165, 1.54) is 88.4 Å². The molecule has 0 spiro atoms. The molecular weight excluding hydrogens is 447 g/mol. The van der Waals surface area contributed by atoms with Crippen LogP contribution in [0.3, 0.4) is 0 Å². The molecular formula is C24H42F6NP. The molecule has 0 fully saturated rings. The van der Waals surface area contributed by atoms with Crippen molar-refractivity contribution in [2.75, 3.05) is 26.7 Å². The topological polar surface area (TPSA) is 0 Å². The van der Waals surface area contributed by atoms with Crippen LogP contribution >= 0.6 is 7.81 Å². The first-order valence-corrected chi connectivity index (χ1v) is 13.7. The number of likely N-dealkylation sites (N-methyl/N-ethyl adjacent to an activating group) is 1. The SMILES string of the molecule is C=C(C[N+](C)(CCCCCCC)CCCCCCC)c1ccccc1.F[P-](F)(F)(F)(F)F. The molecule has 0 saturated heterocycles. The van der Waals surface area contributed by atoms with Gasteiger partial charge in [0.25, 0.3) is 0 Å². The van der Waals surface area contributed by atoms with E-state index < -0.39 is 7.81 Å². The van der Waals surface area contributed by atoms with Crippen molar-refractivity contribution in [1.82, 2.24) is 0 Å². The summed E-state index contributed by atoms with van der Waals surface area (Å²) in [7, 11) is -8.21. The Morgan fingerprint density at radius 3 is 1.47 bits per heavy atom. The van der Waals surface area contributed by atoms with Crippen molar-refractivity contribution in [2.24, 2.45) is 0 Å². The van der Waals surface area contributed by atoms with Crippen molar-refractivity contribution >= 4 is 13.4 Å². The standard InChI is InChI=1S/C24H42N.F6P/c1-5-7-9-11-16-20-25(4,21-17-12-10-8-6-2)22-23(3)24-18-14-13-15-19-24;1-7(2,3,4,5)6/h13-15,18-19H,3,5-12,16-17,20-22H2,1-2,4H3;/q+1;-1. The van der Waals surface area contributed by atoms with Crippen LogP contribution in [0.5, 0.6) is 0 Å². The number of unbranched alkanes of at least 4 members (excludes halogenated alkanes) is 8. The third-order valence-electron chi connectivity index (χ3n) is 5.36. The average molecular weight is 490 g/mol. The fourth-order valence-corrected chi connectivity index (χ4v) is 3.69. The zero-order chi connectivity index (χ0) is 24.8. The molecule has 190 valence electrons. The van der Waals surface area contributed by atoms with Gasteiger partial charge in [0, 0.05) is 5.57 Å². The summed E-state index contributed by atoms with van der Waals surface area (Å²) in [5.74, 6) is 0. The maximum atomic E-state index is 9.87. The van der Waals surface area contributed by atoms with E-state index in [0.717, 1.165) is 11.0 Å². The van der Waals surface area contributed by atoms with Gasteiger partial charge >= 0.3 is 33.0 Å². The average Bonchev–Trinajstić information content (AvgIpc) is 2.66. The monoisotopic (exact) mass is 489 g/mol. The van der Waals surface area contributed by atoms with Crippen LogP contribution in [-0.4, -0.2) is 31.2 Å². The Labute approximate surface area is 190 Å². The van der Waals surface area contributed by atoms with E-state index in [9.17, 15) is 25.2 Å². The van der Waals surface area contributed by atoms with Crippen LogP contribution in [0.15, 0.2) is 36.9 Å². The van der Waals surface area contributed by atoms with Gasteiger partial charge in [0.05, 0.1) is 20.1 Å². The number of halogens is 6. The third kappa shape index (κ3) is 22.1. The molecule has 1 nitrogen and oxygen atoms in total. The van der Waals surface area contributed by atoms with Crippen LogP contribution in [0.1, 0.15) is 83.6 Å². The van der Waals surface area contributed by atoms with E-state index in [1.54, 1.807) is 0 Å². The first kappa shape index (κ1) is 30.9. The van der Waals surface area contributed by atoms with Gasteiger partial charge in [-0.05, 0) is 31.2 Å². The molecule has 0 heterocycles. The summed E-state index contributed by atoms with van der Waals surface area (Å²) in [5, 5.41) is 0. The summed E-state index contributed by atoms with van der Waals surface area (Å²) in [6.45, 7) is 12.7. The Kier molecular flexibility index (Phi) is 12.5. The second-order valence-electron chi connectivity index (χ2n) is 8.98. The molecule has 0 aliphatic carbocycles. The molecule has 0 bridgehead atoms. The van der Waals surface area contributed by atoms with Gasteiger partial charge in [0.15, 0.2) is 0 Å². The molecule has 0 aromatic heterocycles. The molecule has 1 aromatic carbocycles. The molecule has 8 heteroatoms. The molecule has 1 rings (SSSR count). The number of hydrogen-bond acceptors (Lipinski definition) is 0. The number of benzene rings is 1. The van der Waals surface area contributed by atoms with E-state index in [2.05, 4.69) is 57.8 Å². The van der Waals surface area contributed by atoms with E-state index in [1.807, 2.05) is 0 Å². The summed E-state index contributed by atoms with van der Waals surface area (Å²) in [6.07, 6.45) is 13.7. The van der Waals surface area contributed by atoms with Crippen LogP contribution < -0.4 is 0 Å². The van der Waals surface area contributed by atoms with Gasteiger partial charge in [-0.25, -0.2) is 0 Å². The number of rotatable bonds is 15. The van der Waals surface area contributed by atoms with Crippen LogP contribution in [-0.2, 0) is 0 Å². The molecule has 0 unspecified atom stereocenters. The predicted octanol–water partition coefficient (Wildman–Crippen LogP) is 10.5. The minimum absolute atomic E-state index is 1.09. The van der Waals surface area contributed by atoms with Crippen LogP contribution in [0.2, 0.25) is 0 Å². The molecule has 1 aromatic rings. The Balaban J connectivity index is 0.00000118. The zero-order valence-electron chi connectivity index (χ0n) is 19.9. The Morgan fingerprint density at radius 1 is 0.719 bits per heavy atom. The predicted molar refractivity (Wildman–Crippen MR) is 127 cm³/mol. The van der Waals surface area contributed by atoms with Gasteiger partial charge in [0.1, 0.15) is 6.54 Å². The van der Waals surface area contributed by atoms with Crippen LogP contribution in [0.4, 0.5) is 25.2 Å². The summed E-state index contributed by atoms with van der Waals surface area (Å²) >= 11 is 0. The second-order valence-corrected chi connectivity index (χ2v) is 10.9. The van der Waals surface area contributed by atoms with Crippen LogP contribution in [0.25, 0.3) is 5.57 Å². The molecule has 0 N–H and O–H groups in total. The Hall–Kier alpha value is -1.07. The Morgan fingerprint density at radius 2 is 1.09 bits per heavy atom. The van der Waals surface area contributed by atoms with Crippen molar-refractivity contribution in [1.29, 1.82) is 0 Å². The van der Waals surface area contributed by atoms with E-state index in [0.29, 0.717) is 0 Å². The summed E-state index contributed by atoms with van der Waals surface area (Å²) < 4.78 is 60.4. The van der Waals surface area contributed by atoms with Gasteiger partial charge in [0.2, 0.25) is 0 Å². The van der Waals surface area contributed by atoms with Crippen molar-refractivity contribution in [3.63, 3.8) is 0 Å². The quantitative estimate of drug-likeness (QED) is 0.0995. The second kappa shape index (κ2) is 13.0. The van der Waals surface area contributed by atoms with Gasteiger partial charge in [-0.1, -0.05) is 89.3 Å². The van der Waals surface area contributed by atoms with Gasteiger partial charge < -0.3 is 4.48 Å². The van der Waals surface area contributed by atoms with E-state index in [4.69, 9.17) is 0 Å². The van der Waals surface area contributed by atoms with Crippen LogP contribution in [0, 0.1) is 0 Å². The maximum absolute atomic E-state index is 10.7. The van der Waals surface area contributed by atoms with Crippen molar-refractivity contribution < 1.29 is 29.7 Å². The summed E-state index contributed by atoms with van der Waals surface area (Å²) in [5.41, 5.74) is 2.61. The van der Waals surface area contributed by atoms with E-state index >= 15 is 0 Å². The molecule has 0 aliphatic heterocycles. The summed E-state index contributed by atoms with van der Waals surface area (Å²) in [4.78, 5) is 0. The fourth-order valence-electron chi connectivity index (χ4n) is 3.69. The molecule has 0 amide bonds. The first-order chi connectivity index (χ1) is 14.6. The minimum atomic E-state index is -10.7.